The number of hydrogen-bond acceptors (Lipinski definition) is 5. The third-order valence-corrected chi connectivity index (χ3v) is 3.76. The first-order chi connectivity index (χ1) is 8.22. The number of aromatic nitrogens is 1. The second-order valence-corrected chi connectivity index (χ2v) is 5.14. The van der Waals surface area contributed by atoms with Crippen LogP contribution in [0.2, 0.25) is 0 Å². The van der Waals surface area contributed by atoms with Gasteiger partial charge in [0.25, 0.3) is 5.91 Å². The van der Waals surface area contributed by atoms with Crippen molar-refractivity contribution >= 4 is 28.3 Å². The second kappa shape index (κ2) is 5.35. The van der Waals surface area contributed by atoms with Gasteiger partial charge < -0.3 is 16.4 Å². The summed E-state index contributed by atoms with van der Waals surface area (Å²) < 4.78 is 4.01. The van der Waals surface area contributed by atoms with E-state index in [1.165, 1.54) is 30.8 Å². The lowest BCUT2D eigenvalue weighted by atomic mass is 10.2. The van der Waals surface area contributed by atoms with Gasteiger partial charge in [-0.3, -0.25) is 4.79 Å². The topological polar surface area (TPSA) is 80.0 Å². The molecule has 94 valence electrons. The fourth-order valence-corrected chi connectivity index (χ4v) is 2.50. The molecule has 0 radical (unpaired) electrons. The van der Waals surface area contributed by atoms with E-state index in [2.05, 4.69) is 15.0 Å². The maximum Gasteiger partial charge on any atom is 0.257 e. The van der Waals surface area contributed by atoms with Crippen molar-refractivity contribution in [2.45, 2.75) is 25.7 Å². The number of carbonyl (C=O) groups is 1. The van der Waals surface area contributed by atoms with E-state index in [9.17, 15) is 4.79 Å². The van der Waals surface area contributed by atoms with Crippen LogP contribution in [-0.2, 0) is 0 Å². The molecule has 1 heterocycles. The number of anilines is 2. The van der Waals surface area contributed by atoms with E-state index < -0.39 is 0 Å². The molecule has 0 saturated heterocycles. The monoisotopic (exact) mass is 254 g/mol. The Kier molecular flexibility index (Phi) is 3.83. The highest BCUT2D eigenvalue weighted by Crippen LogP contribution is 2.33. The van der Waals surface area contributed by atoms with E-state index in [-0.39, 0.29) is 5.91 Å². The molecule has 0 bridgehead atoms. The zero-order chi connectivity index (χ0) is 12.3. The molecule has 0 aromatic carbocycles. The van der Waals surface area contributed by atoms with Gasteiger partial charge in [0.1, 0.15) is 10.6 Å². The molecule has 1 aromatic heterocycles. The van der Waals surface area contributed by atoms with Crippen LogP contribution < -0.4 is 16.4 Å². The molecule has 0 atom stereocenters. The summed E-state index contributed by atoms with van der Waals surface area (Å²) in [7, 11) is 1.59. The summed E-state index contributed by atoms with van der Waals surface area (Å²) in [5.74, 6) is 1.07. The quantitative estimate of drug-likeness (QED) is 0.675. The zero-order valence-electron chi connectivity index (χ0n) is 9.95. The van der Waals surface area contributed by atoms with E-state index in [0.717, 1.165) is 23.9 Å². The lowest BCUT2D eigenvalue weighted by Crippen LogP contribution is -2.20. The van der Waals surface area contributed by atoms with Crippen LogP contribution in [0.5, 0.6) is 0 Å². The third-order valence-electron chi connectivity index (χ3n) is 2.94. The minimum Gasteiger partial charge on any atom is -0.382 e. The smallest absolute Gasteiger partial charge is 0.257 e. The molecule has 1 aliphatic carbocycles. The minimum absolute atomic E-state index is 0.180. The average Bonchev–Trinajstić information content (AvgIpc) is 3.08. The molecular formula is C11H18N4OS. The summed E-state index contributed by atoms with van der Waals surface area (Å²) in [6.07, 6.45) is 5.18. The number of nitrogens with one attached hydrogen (secondary N) is 2. The summed E-state index contributed by atoms with van der Waals surface area (Å²) >= 11 is 1.25. The van der Waals surface area contributed by atoms with Crippen molar-refractivity contribution in [3.8, 4) is 0 Å². The summed E-state index contributed by atoms with van der Waals surface area (Å²) in [5, 5.41) is 6.60. The van der Waals surface area contributed by atoms with Gasteiger partial charge in [0.15, 0.2) is 5.82 Å². The number of amides is 1. The van der Waals surface area contributed by atoms with Gasteiger partial charge in [-0.1, -0.05) is 12.8 Å². The van der Waals surface area contributed by atoms with Crippen LogP contribution in [0, 0.1) is 5.92 Å². The Morgan fingerprint density at radius 3 is 3.00 bits per heavy atom. The van der Waals surface area contributed by atoms with Crippen molar-refractivity contribution in [3.63, 3.8) is 0 Å². The average molecular weight is 254 g/mol. The standard InChI is InChI=1S/C11H18N4OS/c1-13-10(16)8-9(12)15-17-11(8)14-6-2-3-7-4-5-7/h7,14H,2-6H2,1H3,(H2,12,15)(H,13,16). The first kappa shape index (κ1) is 12.2. The summed E-state index contributed by atoms with van der Waals surface area (Å²) in [6, 6.07) is 0. The summed E-state index contributed by atoms with van der Waals surface area (Å²) in [6.45, 7) is 0.877. The Bertz CT molecular complexity index is 400. The molecule has 2 rings (SSSR count). The molecule has 1 aromatic rings. The van der Waals surface area contributed by atoms with Crippen molar-refractivity contribution in [1.82, 2.24) is 9.69 Å². The largest absolute Gasteiger partial charge is 0.382 e. The van der Waals surface area contributed by atoms with Crippen molar-refractivity contribution < 1.29 is 4.79 Å². The van der Waals surface area contributed by atoms with Crippen LogP contribution in [0.4, 0.5) is 10.8 Å². The first-order valence-corrected chi connectivity index (χ1v) is 6.70. The molecule has 1 aliphatic rings. The first-order valence-electron chi connectivity index (χ1n) is 5.93. The van der Waals surface area contributed by atoms with Gasteiger partial charge in [-0.15, -0.1) is 0 Å². The van der Waals surface area contributed by atoms with E-state index >= 15 is 0 Å². The molecule has 4 N–H and O–H groups in total. The van der Waals surface area contributed by atoms with Gasteiger partial charge in [0.05, 0.1) is 0 Å². The summed E-state index contributed by atoms with van der Waals surface area (Å²) in [4.78, 5) is 11.6. The Labute approximate surface area is 105 Å². The Morgan fingerprint density at radius 1 is 1.59 bits per heavy atom. The van der Waals surface area contributed by atoms with Crippen LogP contribution >= 0.6 is 11.5 Å². The van der Waals surface area contributed by atoms with Crippen LogP contribution in [0.1, 0.15) is 36.0 Å². The maximum absolute atomic E-state index is 11.6. The fourth-order valence-electron chi connectivity index (χ4n) is 1.77. The lowest BCUT2D eigenvalue weighted by molar-refractivity contribution is 0.0965. The molecule has 5 nitrogen and oxygen atoms in total. The molecule has 1 saturated carbocycles. The normalized spacial score (nSPS) is 14.6. The van der Waals surface area contributed by atoms with Gasteiger partial charge in [-0.25, -0.2) is 0 Å². The SMILES string of the molecule is CNC(=O)c1c(N)nsc1NCCCC1CC1. The van der Waals surface area contributed by atoms with Crippen LogP contribution in [0.25, 0.3) is 0 Å². The van der Waals surface area contributed by atoms with E-state index in [0.29, 0.717) is 11.4 Å². The highest BCUT2D eigenvalue weighted by atomic mass is 32.1. The van der Waals surface area contributed by atoms with Crippen molar-refractivity contribution in [2.75, 3.05) is 24.6 Å². The number of rotatable bonds is 6. The molecule has 6 heteroatoms. The molecule has 0 spiro atoms. The van der Waals surface area contributed by atoms with E-state index in [1.54, 1.807) is 7.05 Å². The number of carbonyl (C=O) groups excluding carboxylic acids is 1. The Hall–Kier alpha value is -1.30. The second-order valence-electron chi connectivity index (χ2n) is 4.36. The van der Waals surface area contributed by atoms with Crippen LogP contribution in [0.15, 0.2) is 0 Å². The predicted molar refractivity (Wildman–Crippen MR) is 70.4 cm³/mol. The van der Waals surface area contributed by atoms with Gasteiger partial charge in [-0.2, -0.15) is 4.37 Å². The molecule has 1 amide bonds. The molecule has 17 heavy (non-hydrogen) atoms. The maximum atomic E-state index is 11.6. The van der Waals surface area contributed by atoms with Gasteiger partial charge in [-0.05, 0) is 30.3 Å². The van der Waals surface area contributed by atoms with Crippen LogP contribution in [0.3, 0.4) is 0 Å². The lowest BCUT2D eigenvalue weighted by Gasteiger charge is -2.05. The van der Waals surface area contributed by atoms with Gasteiger partial charge in [0.2, 0.25) is 0 Å². The Balaban J connectivity index is 1.87. The van der Waals surface area contributed by atoms with E-state index in [1.807, 2.05) is 0 Å². The van der Waals surface area contributed by atoms with Gasteiger partial charge in [0, 0.05) is 13.6 Å². The number of nitrogens with zero attached hydrogens (tertiary/aromatic N) is 1. The zero-order valence-corrected chi connectivity index (χ0v) is 10.8. The molecular weight excluding hydrogens is 236 g/mol. The number of nitrogen functional groups attached to an aromatic ring is 1. The molecule has 1 fully saturated rings. The fraction of sp³-hybridized carbons (Fsp3) is 0.636. The third kappa shape index (κ3) is 3.09. The number of nitrogens with two attached hydrogens (primary N) is 1. The van der Waals surface area contributed by atoms with Crippen molar-refractivity contribution in [1.29, 1.82) is 0 Å². The van der Waals surface area contributed by atoms with Gasteiger partial charge >= 0.3 is 0 Å². The Morgan fingerprint density at radius 2 is 2.35 bits per heavy atom. The minimum atomic E-state index is -0.180. The van der Waals surface area contributed by atoms with Crippen LogP contribution in [-0.4, -0.2) is 23.9 Å². The highest BCUT2D eigenvalue weighted by Gasteiger charge is 2.21. The molecule has 0 unspecified atom stereocenters. The number of hydrogen-bond donors (Lipinski definition) is 3. The van der Waals surface area contributed by atoms with E-state index in [4.69, 9.17) is 5.73 Å². The predicted octanol–water partition coefficient (Wildman–Crippen LogP) is 1.69. The van der Waals surface area contributed by atoms with Crippen molar-refractivity contribution in [3.05, 3.63) is 5.56 Å². The molecule has 0 aliphatic heterocycles. The highest BCUT2D eigenvalue weighted by molar-refractivity contribution is 7.11. The van der Waals surface area contributed by atoms with Crippen molar-refractivity contribution in [2.24, 2.45) is 5.92 Å². The summed E-state index contributed by atoms with van der Waals surface area (Å²) in [5.41, 5.74) is 6.15.